The predicted molar refractivity (Wildman–Crippen MR) is 102 cm³/mol. The monoisotopic (exact) mass is 347 g/mol. The standard InChI is InChI=1S/C20H21N5O/c1-14-15(2)24-20(17-10-6-7-11-21-17)25-19(14)23-13-18(26)22-12-16-8-4-3-5-9-16/h3-11H,12-13H2,1-2H3,(H,22,26)(H,23,24,25). The molecule has 2 N–H and O–H groups in total. The number of carbonyl (C=O) groups is 1. The Morgan fingerprint density at radius 2 is 1.77 bits per heavy atom. The molecule has 0 aliphatic rings. The molecule has 0 spiro atoms. The molecular formula is C20H21N5O. The van der Waals surface area contributed by atoms with Crippen molar-refractivity contribution >= 4 is 11.7 Å². The predicted octanol–water partition coefficient (Wildman–Crippen LogP) is 2.88. The second-order valence-corrected chi connectivity index (χ2v) is 5.94. The number of hydrogen-bond acceptors (Lipinski definition) is 5. The number of amides is 1. The molecule has 0 bridgehead atoms. The van der Waals surface area contributed by atoms with Gasteiger partial charge in [0.05, 0.1) is 6.54 Å². The Bertz CT molecular complexity index is 881. The summed E-state index contributed by atoms with van der Waals surface area (Å²) in [5.74, 6) is 1.10. The van der Waals surface area contributed by atoms with E-state index in [-0.39, 0.29) is 12.5 Å². The number of carbonyl (C=O) groups excluding carboxylic acids is 1. The van der Waals surface area contributed by atoms with Crippen LogP contribution in [0.25, 0.3) is 11.5 Å². The van der Waals surface area contributed by atoms with E-state index < -0.39 is 0 Å². The van der Waals surface area contributed by atoms with Crippen molar-refractivity contribution in [3.05, 3.63) is 71.5 Å². The molecule has 0 fully saturated rings. The molecule has 0 aliphatic carbocycles. The molecule has 132 valence electrons. The summed E-state index contributed by atoms with van der Waals surface area (Å²) in [6.07, 6.45) is 1.71. The quantitative estimate of drug-likeness (QED) is 0.717. The Morgan fingerprint density at radius 1 is 1.00 bits per heavy atom. The van der Waals surface area contributed by atoms with Gasteiger partial charge in [0.15, 0.2) is 5.82 Å². The largest absolute Gasteiger partial charge is 0.361 e. The molecular weight excluding hydrogens is 326 g/mol. The number of benzene rings is 1. The Morgan fingerprint density at radius 3 is 2.50 bits per heavy atom. The Balaban J connectivity index is 1.65. The van der Waals surface area contributed by atoms with Crippen molar-refractivity contribution in [3.8, 4) is 11.5 Å². The third-order valence-corrected chi connectivity index (χ3v) is 4.03. The summed E-state index contributed by atoms with van der Waals surface area (Å²) in [4.78, 5) is 25.4. The number of rotatable bonds is 6. The van der Waals surface area contributed by atoms with Gasteiger partial charge < -0.3 is 10.6 Å². The first kappa shape index (κ1) is 17.5. The highest BCUT2D eigenvalue weighted by Crippen LogP contribution is 2.19. The van der Waals surface area contributed by atoms with Crippen LogP contribution in [-0.4, -0.2) is 27.4 Å². The molecule has 26 heavy (non-hydrogen) atoms. The van der Waals surface area contributed by atoms with Gasteiger partial charge in [-0.3, -0.25) is 9.78 Å². The molecule has 0 radical (unpaired) electrons. The van der Waals surface area contributed by atoms with Gasteiger partial charge >= 0.3 is 0 Å². The number of aryl methyl sites for hydroxylation is 1. The Labute approximate surface area is 152 Å². The van der Waals surface area contributed by atoms with E-state index in [0.29, 0.717) is 23.9 Å². The summed E-state index contributed by atoms with van der Waals surface area (Å²) < 4.78 is 0. The molecule has 3 rings (SSSR count). The molecule has 1 aromatic carbocycles. The summed E-state index contributed by atoms with van der Waals surface area (Å²) in [6, 6.07) is 15.4. The number of nitrogens with zero attached hydrogens (tertiary/aromatic N) is 3. The maximum absolute atomic E-state index is 12.1. The zero-order valence-corrected chi connectivity index (χ0v) is 14.9. The lowest BCUT2D eigenvalue weighted by Gasteiger charge is -2.12. The van der Waals surface area contributed by atoms with E-state index in [1.807, 2.05) is 62.4 Å². The molecule has 0 saturated carbocycles. The van der Waals surface area contributed by atoms with Crippen LogP contribution in [0, 0.1) is 13.8 Å². The van der Waals surface area contributed by atoms with Crippen LogP contribution in [0.3, 0.4) is 0 Å². The van der Waals surface area contributed by atoms with E-state index in [2.05, 4.69) is 25.6 Å². The van der Waals surface area contributed by atoms with Gasteiger partial charge in [-0.1, -0.05) is 36.4 Å². The van der Waals surface area contributed by atoms with E-state index in [4.69, 9.17) is 0 Å². The fourth-order valence-corrected chi connectivity index (χ4v) is 2.43. The second kappa shape index (κ2) is 8.20. The van der Waals surface area contributed by atoms with Crippen LogP contribution in [0.5, 0.6) is 0 Å². The molecule has 0 aliphatic heterocycles. The first-order chi connectivity index (χ1) is 12.6. The molecule has 0 saturated heterocycles. The van der Waals surface area contributed by atoms with Gasteiger partial charge in [-0.05, 0) is 31.5 Å². The Kier molecular flexibility index (Phi) is 5.53. The minimum Gasteiger partial charge on any atom is -0.361 e. The van der Waals surface area contributed by atoms with Crippen LogP contribution in [0.1, 0.15) is 16.8 Å². The molecule has 2 aromatic heterocycles. The molecule has 0 atom stereocenters. The summed E-state index contributed by atoms with van der Waals surface area (Å²) >= 11 is 0. The summed E-state index contributed by atoms with van der Waals surface area (Å²) in [5, 5.41) is 6.00. The number of anilines is 1. The average molecular weight is 347 g/mol. The van der Waals surface area contributed by atoms with Gasteiger partial charge in [0, 0.05) is 24.0 Å². The maximum atomic E-state index is 12.1. The zero-order chi connectivity index (χ0) is 18.4. The number of aromatic nitrogens is 3. The van der Waals surface area contributed by atoms with Gasteiger partial charge in [-0.25, -0.2) is 9.97 Å². The molecule has 6 nitrogen and oxygen atoms in total. The fraction of sp³-hybridized carbons (Fsp3) is 0.200. The van der Waals surface area contributed by atoms with Crippen molar-refractivity contribution in [2.45, 2.75) is 20.4 Å². The van der Waals surface area contributed by atoms with Gasteiger partial charge in [0.25, 0.3) is 0 Å². The van der Waals surface area contributed by atoms with Crippen molar-refractivity contribution < 1.29 is 4.79 Å². The van der Waals surface area contributed by atoms with Crippen LogP contribution in [0.15, 0.2) is 54.7 Å². The first-order valence-corrected chi connectivity index (χ1v) is 8.44. The maximum Gasteiger partial charge on any atom is 0.239 e. The van der Waals surface area contributed by atoms with E-state index in [1.54, 1.807) is 6.20 Å². The van der Waals surface area contributed by atoms with Gasteiger partial charge in [0.2, 0.25) is 5.91 Å². The Hall–Kier alpha value is -3.28. The lowest BCUT2D eigenvalue weighted by atomic mass is 10.2. The van der Waals surface area contributed by atoms with Crippen molar-refractivity contribution in [2.24, 2.45) is 0 Å². The smallest absolute Gasteiger partial charge is 0.239 e. The van der Waals surface area contributed by atoms with Crippen LogP contribution >= 0.6 is 0 Å². The first-order valence-electron chi connectivity index (χ1n) is 8.44. The van der Waals surface area contributed by atoms with E-state index in [9.17, 15) is 4.79 Å². The van der Waals surface area contributed by atoms with Crippen LogP contribution < -0.4 is 10.6 Å². The van der Waals surface area contributed by atoms with Gasteiger partial charge in [-0.15, -0.1) is 0 Å². The molecule has 0 unspecified atom stereocenters. The van der Waals surface area contributed by atoms with E-state index >= 15 is 0 Å². The summed E-state index contributed by atoms with van der Waals surface area (Å²) in [7, 11) is 0. The highest BCUT2D eigenvalue weighted by Gasteiger charge is 2.11. The molecule has 3 aromatic rings. The van der Waals surface area contributed by atoms with Crippen molar-refractivity contribution in [2.75, 3.05) is 11.9 Å². The van der Waals surface area contributed by atoms with Crippen LogP contribution in [-0.2, 0) is 11.3 Å². The van der Waals surface area contributed by atoms with Gasteiger partial charge in [0.1, 0.15) is 11.5 Å². The third kappa shape index (κ3) is 4.42. The summed E-state index contributed by atoms with van der Waals surface area (Å²) in [6.45, 7) is 4.50. The number of hydrogen-bond donors (Lipinski definition) is 2. The van der Waals surface area contributed by atoms with Crippen molar-refractivity contribution in [1.82, 2.24) is 20.3 Å². The normalized spacial score (nSPS) is 10.4. The van der Waals surface area contributed by atoms with E-state index in [0.717, 1.165) is 16.8 Å². The highest BCUT2D eigenvalue weighted by atomic mass is 16.1. The molecule has 2 heterocycles. The lowest BCUT2D eigenvalue weighted by molar-refractivity contribution is -0.119. The second-order valence-electron chi connectivity index (χ2n) is 5.94. The third-order valence-electron chi connectivity index (χ3n) is 4.03. The molecule has 1 amide bonds. The zero-order valence-electron chi connectivity index (χ0n) is 14.9. The number of nitrogens with one attached hydrogen (secondary N) is 2. The van der Waals surface area contributed by atoms with E-state index in [1.165, 1.54) is 0 Å². The van der Waals surface area contributed by atoms with Crippen molar-refractivity contribution in [3.63, 3.8) is 0 Å². The lowest BCUT2D eigenvalue weighted by Crippen LogP contribution is -2.29. The summed E-state index contributed by atoms with van der Waals surface area (Å²) in [5.41, 5.74) is 3.54. The minimum absolute atomic E-state index is 0.0936. The topological polar surface area (TPSA) is 79.8 Å². The minimum atomic E-state index is -0.0936. The van der Waals surface area contributed by atoms with Crippen molar-refractivity contribution in [1.29, 1.82) is 0 Å². The van der Waals surface area contributed by atoms with Crippen LogP contribution in [0.2, 0.25) is 0 Å². The average Bonchev–Trinajstić information content (AvgIpc) is 2.69. The van der Waals surface area contributed by atoms with Gasteiger partial charge in [-0.2, -0.15) is 0 Å². The SMILES string of the molecule is Cc1nc(-c2ccccn2)nc(NCC(=O)NCc2ccccc2)c1C. The molecule has 6 heteroatoms. The number of pyridine rings is 1. The highest BCUT2D eigenvalue weighted by molar-refractivity contribution is 5.80. The van der Waals surface area contributed by atoms with Crippen LogP contribution in [0.4, 0.5) is 5.82 Å². The fourth-order valence-electron chi connectivity index (χ4n) is 2.43.